The standard InChI is InChI=1S/C32H31F3N2O2/c1-4-6-14-36-31(39)23-13-12-22(15-20(23)3)24-17-26-25(16-21-10-8-7-9-11-21)27(30(38)5-2)19-37-29(26)18-28(24)32(33,34)35/h7-13,15,17-19H,4-6,14,16H2,1-3H3,(H,36,39). The molecule has 0 aliphatic heterocycles. The minimum atomic E-state index is -4.63. The second-order valence-corrected chi connectivity index (χ2v) is 9.64. The van der Waals surface area contributed by atoms with Gasteiger partial charge in [-0.2, -0.15) is 13.2 Å². The van der Waals surface area contributed by atoms with Gasteiger partial charge >= 0.3 is 6.18 Å². The number of fused-ring (bicyclic) bond motifs is 1. The number of alkyl halides is 3. The van der Waals surface area contributed by atoms with E-state index in [1.54, 1.807) is 32.0 Å². The minimum absolute atomic E-state index is 0.0201. The number of benzene rings is 3. The number of amides is 1. The number of pyridine rings is 1. The Bertz CT molecular complexity index is 1510. The van der Waals surface area contributed by atoms with Gasteiger partial charge in [-0.3, -0.25) is 14.6 Å². The van der Waals surface area contributed by atoms with E-state index in [2.05, 4.69) is 10.3 Å². The van der Waals surface area contributed by atoms with Crippen molar-refractivity contribution < 1.29 is 22.8 Å². The van der Waals surface area contributed by atoms with E-state index in [1.165, 1.54) is 12.3 Å². The third-order valence-corrected chi connectivity index (χ3v) is 6.87. The number of halogens is 3. The van der Waals surface area contributed by atoms with Crippen LogP contribution >= 0.6 is 0 Å². The molecule has 0 atom stereocenters. The third-order valence-electron chi connectivity index (χ3n) is 6.87. The van der Waals surface area contributed by atoms with E-state index >= 15 is 0 Å². The SMILES string of the molecule is CCCCNC(=O)c1ccc(-c2cc3c(Cc4ccccc4)c(C(=O)CC)cnc3cc2C(F)(F)F)cc1C. The fraction of sp³-hybridized carbons (Fsp3) is 0.281. The Hall–Kier alpha value is -4.00. The molecule has 0 saturated carbocycles. The summed E-state index contributed by atoms with van der Waals surface area (Å²) in [5, 5.41) is 3.35. The number of ketones is 1. The van der Waals surface area contributed by atoms with Gasteiger partial charge in [-0.1, -0.05) is 62.7 Å². The first kappa shape index (κ1) is 28.0. The zero-order valence-electron chi connectivity index (χ0n) is 22.3. The highest BCUT2D eigenvalue weighted by molar-refractivity contribution is 6.02. The van der Waals surface area contributed by atoms with E-state index in [0.717, 1.165) is 24.5 Å². The molecule has 4 rings (SSSR count). The van der Waals surface area contributed by atoms with Crippen molar-refractivity contribution >= 4 is 22.6 Å². The monoisotopic (exact) mass is 532 g/mol. The summed E-state index contributed by atoms with van der Waals surface area (Å²) in [6.07, 6.45) is -0.829. The number of aromatic nitrogens is 1. The molecule has 0 bridgehead atoms. The lowest BCUT2D eigenvalue weighted by Gasteiger charge is -2.18. The molecule has 0 aliphatic carbocycles. The zero-order valence-corrected chi connectivity index (χ0v) is 22.3. The van der Waals surface area contributed by atoms with Crippen molar-refractivity contribution in [3.05, 3.63) is 100 Å². The number of aryl methyl sites for hydroxylation is 1. The Balaban J connectivity index is 1.91. The van der Waals surface area contributed by atoms with E-state index in [-0.39, 0.29) is 29.2 Å². The normalized spacial score (nSPS) is 11.5. The maximum Gasteiger partial charge on any atom is 0.417 e. The maximum absolute atomic E-state index is 14.3. The van der Waals surface area contributed by atoms with Crippen molar-refractivity contribution in [2.45, 2.75) is 52.6 Å². The summed E-state index contributed by atoms with van der Waals surface area (Å²) < 4.78 is 42.9. The van der Waals surface area contributed by atoms with Crippen LogP contribution in [0.3, 0.4) is 0 Å². The Morgan fingerprint density at radius 3 is 2.33 bits per heavy atom. The van der Waals surface area contributed by atoms with Gasteiger partial charge in [0.1, 0.15) is 0 Å². The Kier molecular flexibility index (Phi) is 8.48. The molecule has 0 saturated heterocycles. The van der Waals surface area contributed by atoms with Crippen molar-refractivity contribution in [1.82, 2.24) is 10.3 Å². The Morgan fingerprint density at radius 2 is 1.69 bits per heavy atom. The third kappa shape index (κ3) is 6.19. The quantitative estimate of drug-likeness (QED) is 0.176. The Labute approximate surface area is 226 Å². The van der Waals surface area contributed by atoms with Crippen LogP contribution in [-0.2, 0) is 12.6 Å². The van der Waals surface area contributed by atoms with Gasteiger partial charge in [-0.05, 0) is 65.8 Å². The molecular weight excluding hydrogens is 501 g/mol. The van der Waals surface area contributed by atoms with Crippen molar-refractivity contribution in [3.8, 4) is 11.1 Å². The molecule has 202 valence electrons. The number of carbonyl (C=O) groups is 2. The number of nitrogens with zero attached hydrogens (tertiary/aromatic N) is 1. The van der Waals surface area contributed by atoms with Crippen LogP contribution in [0.1, 0.15) is 76.1 Å². The molecule has 1 aromatic heterocycles. The van der Waals surface area contributed by atoms with E-state index in [0.29, 0.717) is 46.2 Å². The fourth-order valence-electron chi connectivity index (χ4n) is 4.75. The van der Waals surface area contributed by atoms with Crippen molar-refractivity contribution in [3.63, 3.8) is 0 Å². The number of Topliss-reactive ketones (excluding diaryl/α,β-unsaturated/α-hetero) is 1. The molecule has 4 nitrogen and oxygen atoms in total. The average Bonchev–Trinajstić information content (AvgIpc) is 2.92. The molecular formula is C32H31F3N2O2. The molecule has 0 unspecified atom stereocenters. The van der Waals surface area contributed by atoms with E-state index < -0.39 is 11.7 Å². The summed E-state index contributed by atoms with van der Waals surface area (Å²) in [6, 6.07) is 16.8. The Morgan fingerprint density at radius 1 is 0.949 bits per heavy atom. The van der Waals surface area contributed by atoms with Crippen LogP contribution in [0.15, 0.2) is 66.9 Å². The number of unbranched alkanes of at least 4 members (excludes halogenated alkanes) is 1. The zero-order chi connectivity index (χ0) is 28.2. The predicted molar refractivity (Wildman–Crippen MR) is 148 cm³/mol. The number of nitrogens with one attached hydrogen (secondary N) is 1. The lowest BCUT2D eigenvalue weighted by Crippen LogP contribution is -2.25. The highest BCUT2D eigenvalue weighted by atomic mass is 19.4. The number of rotatable bonds is 9. The van der Waals surface area contributed by atoms with Crippen molar-refractivity contribution in [2.75, 3.05) is 6.54 Å². The molecule has 3 aromatic carbocycles. The van der Waals surface area contributed by atoms with Gasteiger partial charge in [0, 0.05) is 35.7 Å². The second-order valence-electron chi connectivity index (χ2n) is 9.64. The molecule has 0 radical (unpaired) electrons. The average molecular weight is 533 g/mol. The first-order valence-corrected chi connectivity index (χ1v) is 13.1. The fourth-order valence-corrected chi connectivity index (χ4v) is 4.75. The van der Waals surface area contributed by atoms with E-state index in [1.807, 2.05) is 37.3 Å². The molecule has 1 amide bonds. The van der Waals surface area contributed by atoms with Gasteiger partial charge in [0.15, 0.2) is 5.78 Å². The van der Waals surface area contributed by atoms with Crippen LogP contribution in [0.5, 0.6) is 0 Å². The number of carbonyl (C=O) groups excluding carboxylic acids is 2. The highest BCUT2D eigenvalue weighted by Gasteiger charge is 2.35. The maximum atomic E-state index is 14.3. The minimum Gasteiger partial charge on any atom is -0.352 e. The molecule has 4 aromatic rings. The van der Waals surface area contributed by atoms with Crippen LogP contribution in [0.4, 0.5) is 13.2 Å². The van der Waals surface area contributed by atoms with E-state index in [9.17, 15) is 22.8 Å². The summed E-state index contributed by atoms with van der Waals surface area (Å²) in [7, 11) is 0. The topological polar surface area (TPSA) is 59.1 Å². The lowest BCUT2D eigenvalue weighted by atomic mass is 9.89. The highest BCUT2D eigenvalue weighted by Crippen LogP contribution is 2.41. The van der Waals surface area contributed by atoms with Crippen LogP contribution in [0.25, 0.3) is 22.0 Å². The van der Waals surface area contributed by atoms with Crippen LogP contribution < -0.4 is 5.32 Å². The summed E-state index contributed by atoms with van der Waals surface area (Å²) in [5.74, 6) is -0.370. The van der Waals surface area contributed by atoms with Gasteiger partial charge < -0.3 is 5.32 Å². The second kappa shape index (κ2) is 11.8. The predicted octanol–water partition coefficient (Wildman–Crippen LogP) is 7.94. The van der Waals surface area contributed by atoms with Gasteiger partial charge in [0.05, 0.1) is 11.1 Å². The van der Waals surface area contributed by atoms with Gasteiger partial charge in [0.2, 0.25) is 0 Å². The number of hydrogen-bond acceptors (Lipinski definition) is 3. The smallest absolute Gasteiger partial charge is 0.352 e. The first-order valence-electron chi connectivity index (χ1n) is 13.1. The summed E-state index contributed by atoms with van der Waals surface area (Å²) >= 11 is 0. The molecule has 1 heterocycles. The van der Waals surface area contributed by atoms with Gasteiger partial charge in [0.25, 0.3) is 5.91 Å². The van der Waals surface area contributed by atoms with Crippen molar-refractivity contribution in [1.29, 1.82) is 0 Å². The number of hydrogen-bond donors (Lipinski definition) is 1. The largest absolute Gasteiger partial charge is 0.417 e. The lowest BCUT2D eigenvalue weighted by molar-refractivity contribution is -0.137. The first-order chi connectivity index (χ1) is 18.6. The van der Waals surface area contributed by atoms with Crippen molar-refractivity contribution in [2.24, 2.45) is 0 Å². The van der Waals surface area contributed by atoms with Crippen LogP contribution in [0.2, 0.25) is 0 Å². The van der Waals surface area contributed by atoms with Gasteiger partial charge in [-0.25, -0.2) is 0 Å². The molecule has 0 spiro atoms. The molecule has 39 heavy (non-hydrogen) atoms. The molecule has 0 aliphatic rings. The summed E-state index contributed by atoms with van der Waals surface area (Å²) in [4.78, 5) is 29.7. The van der Waals surface area contributed by atoms with E-state index in [4.69, 9.17) is 0 Å². The van der Waals surface area contributed by atoms with Gasteiger partial charge in [-0.15, -0.1) is 0 Å². The molecule has 7 heteroatoms. The molecule has 1 N–H and O–H groups in total. The summed E-state index contributed by atoms with van der Waals surface area (Å²) in [5.41, 5.74) is 2.67. The van der Waals surface area contributed by atoms with Crippen LogP contribution in [0, 0.1) is 6.92 Å². The van der Waals surface area contributed by atoms with Crippen LogP contribution in [-0.4, -0.2) is 23.2 Å². The molecule has 0 fully saturated rings. The summed E-state index contributed by atoms with van der Waals surface area (Å²) in [6.45, 7) is 6.03.